The fourth-order valence-corrected chi connectivity index (χ4v) is 6.44. The summed E-state index contributed by atoms with van der Waals surface area (Å²) in [5.74, 6) is -0.243. The summed E-state index contributed by atoms with van der Waals surface area (Å²) in [5, 5.41) is 22.0. The van der Waals surface area contributed by atoms with Crippen LogP contribution in [-0.4, -0.2) is 27.6 Å². The molecule has 1 aromatic heterocycles. The van der Waals surface area contributed by atoms with E-state index in [4.69, 9.17) is 5.73 Å². The van der Waals surface area contributed by atoms with E-state index in [0.717, 1.165) is 15.7 Å². The van der Waals surface area contributed by atoms with Crippen molar-refractivity contribution in [2.45, 2.75) is 29.5 Å². The molecule has 0 fully saturated rings. The van der Waals surface area contributed by atoms with Crippen LogP contribution >= 0.6 is 39.0 Å². The molecule has 5 rings (SSSR count). The van der Waals surface area contributed by atoms with Crippen molar-refractivity contribution in [3.05, 3.63) is 87.3 Å². The third-order valence-corrected chi connectivity index (χ3v) is 8.66. The molecule has 1 aliphatic heterocycles. The number of allylic oxidation sites excluding steroid dienone is 3. The molecule has 1 unspecified atom stereocenters. The van der Waals surface area contributed by atoms with E-state index in [1.165, 1.54) is 23.1 Å². The zero-order chi connectivity index (χ0) is 25.9. The number of halogens is 1. The minimum atomic E-state index is -0.505. The van der Waals surface area contributed by atoms with Crippen molar-refractivity contribution in [1.82, 2.24) is 10.2 Å². The highest BCUT2D eigenvalue weighted by atomic mass is 79.9. The second-order valence-electron chi connectivity index (χ2n) is 8.42. The van der Waals surface area contributed by atoms with Gasteiger partial charge in [0.2, 0.25) is 11.0 Å². The molecule has 186 valence electrons. The van der Waals surface area contributed by atoms with Crippen LogP contribution in [0.1, 0.15) is 30.7 Å². The lowest BCUT2D eigenvalue weighted by molar-refractivity contribution is -0.116. The van der Waals surface area contributed by atoms with Crippen LogP contribution in [0.4, 0.5) is 10.8 Å². The zero-order valence-corrected chi connectivity index (χ0v) is 22.7. The Bertz CT molecular complexity index is 1460. The van der Waals surface area contributed by atoms with Gasteiger partial charge in [0.15, 0.2) is 10.1 Å². The van der Waals surface area contributed by atoms with Gasteiger partial charge in [-0.2, -0.15) is 5.26 Å². The van der Waals surface area contributed by atoms with Gasteiger partial charge < -0.3 is 11.1 Å². The summed E-state index contributed by atoms with van der Waals surface area (Å²) >= 11 is 5.91. The van der Waals surface area contributed by atoms with Crippen LogP contribution in [-0.2, 0) is 9.59 Å². The first-order chi connectivity index (χ1) is 18.0. The summed E-state index contributed by atoms with van der Waals surface area (Å²) in [6.45, 7) is 0. The molecule has 0 saturated heterocycles. The van der Waals surface area contributed by atoms with Crippen LogP contribution in [0, 0.1) is 11.3 Å². The molecule has 2 aromatic carbocycles. The number of nitrogens with one attached hydrogen (secondary N) is 1. The number of thioether (sulfide) groups is 1. The van der Waals surface area contributed by atoms with Crippen molar-refractivity contribution in [2.75, 3.05) is 16.0 Å². The van der Waals surface area contributed by atoms with Gasteiger partial charge >= 0.3 is 0 Å². The smallest absolute Gasteiger partial charge is 0.234 e. The molecule has 1 aliphatic carbocycles. The van der Waals surface area contributed by atoms with Gasteiger partial charge in [-0.05, 0) is 42.7 Å². The second kappa shape index (κ2) is 10.9. The van der Waals surface area contributed by atoms with E-state index in [9.17, 15) is 14.9 Å². The van der Waals surface area contributed by atoms with Crippen LogP contribution in [0.2, 0.25) is 0 Å². The van der Waals surface area contributed by atoms with Gasteiger partial charge in [-0.15, -0.1) is 10.2 Å². The Hall–Kier alpha value is -3.46. The third-order valence-electron chi connectivity index (χ3n) is 6.09. The fourth-order valence-electron chi connectivity index (χ4n) is 4.49. The molecular formula is C26H21BrN6O2S2. The van der Waals surface area contributed by atoms with Crippen LogP contribution in [0.3, 0.4) is 0 Å². The highest BCUT2D eigenvalue weighted by Crippen LogP contribution is 2.47. The SMILES string of the molecule is N#CC1=C(N)N(c2nnc(SCC(=O)Nc3ccc(Br)cc3)s2)C2=C(C(=O)CCC2)C1c1ccccc1. The molecule has 3 N–H and O–H groups in total. The first kappa shape index (κ1) is 25.2. The predicted molar refractivity (Wildman–Crippen MR) is 148 cm³/mol. The molecule has 0 saturated carbocycles. The molecule has 0 spiro atoms. The summed E-state index contributed by atoms with van der Waals surface area (Å²) in [6.07, 6.45) is 1.77. The number of nitrogens with zero attached hydrogens (tertiary/aromatic N) is 4. The molecule has 0 radical (unpaired) electrons. The molecule has 2 aliphatic rings. The Morgan fingerprint density at radius 3 is 2.68 bits per heavy atom. The van der Waals surface area contributed by atoms with Gasteiger partial charge in [-0.25, -0.2) is 0 Å². The molecule has 8 nitrogen and oxygen atoms in total. The highest BCUT2D eigenvalue weighted by molar-refractivity contribution is 9.10. The van der Waals surface area contributed by atoms with Crippen molar-refractivity contribution in [3.63, 3.8) is 0 Å². The number of nitrogens with two attached hydrogens (primary N) is 1. The van der Waals surface area contributed by atoms with Gasteiger partial charge in [-0.3, -0.25) is 14.5 Å². The number of benzene rings is 2. The minimum absolute atomic E-state index is 0.0177. The number of amides is 1. The van der Waals surface area contributed by atoms with Gasteiger partial charge in [0.1, 0.15) is 5.82 Å². The summed E-state index contributed by atoms with van der Waals surface area (Å²) < 4.78 is 1.52. The fraction of sp³-hybridized carbons (Fsp3) is 0.192. The van der Waals surface area contributed by atoms with Gasteiger partial charge in [0.05, 0.1) is 23.3 Å². The lowest BCUT2D eigenvalue weighted by Gasteiger charge is -2.38. The van der Waals surface area contributed by atoms with Crippen LogP contribution < -0.4 is 16.0 Å². The first-order valence-corrected chi connectivity index (χ1v) is 14.1. The number of anilines is 2. The van der Waals surface area contributed by atoms with Crippen molar-refractivity contribution in [2.24, 2.45) is 5.73 Å². The van der Waals surface area contributed by atoms with E-state index in [2.05, 4.69) is 37.5 Å². The lowest BCUT2D eigenvalue weighted by Crippen LogP contribution is -2.38. The predicted octanol–water partition coefficient (Wildman–Crippen LogP) is 5.34. The van der Waals surface area contributed by atoms with Crippen molar-refractivity contribution in [1.29, 1.82) is 5.26 Å². The molecule has 1 atom stereocenters. The molecule has 0 bridgehead atoms. The van der Waals surface area contributed by atoms with E-state index in [1.807, 2.05) is 54.6 Å². The number of ketones is 1. The molecule has 2 heterocycles. The number of Topliss-reactive ketones (excluding diaryl/α,β-unsaturated/α-hetero) is 1. The number of rotatable bonds is 6. The summed E-state index contributed by atoms with van der Waals surface area (Å²) in [6, 6.07) is 19.1. The molecule has 11 heteroatoms. The summed E-state index contributed by atoms with van der Waals surface area (Å²) in [5.41, 5.74) is 9.82. The maximum absolute atomic E-state index is 13.2. The monoisotopic (exact) mass is 592 g/mol. The highest BCUT2D eigenvalue weighted by Gasteiger charge is 2.41. The number of carbonyl (C=O) groups is 2. The van der Waals surface area contributed by atoms with Crippen LogP contribution in [0.5, 0.6) is 0 Å². The third kappa shape index (κ3) is 5.18. The Balaban J connectivity index is 1.40. The number of nitriles is 1. The van der Waals surface area contributed by atoms with E-state index in [0.29, 0.717) is 45.6 Å². The molecule has 3 aromatic rings. The minimum Gasteiger partial charge on any atom is -0.384 e. The van der Waals surface area contributed by atoms with Crippen molar-refractivity contribution < 1.29 is 9.59 Å². The van der Waals surface area contributed by atoms with E-state index < -0.39 is 5.92 Å². The van der Waals surface area contributed by atoms with Crippen molar-refractivity contribution >= 4 is 61.5 Å². The maximum atomic E-state index is 13.2. The Labute approximate surface area is 230 Å². The quantitative estimate of drug-likeness (QED) is 0.367. The number of hydrogen-bond acceptors (Lipinski definition) is 9. The summed E-state index contributed by atoms with van der Waals surface area (Å²) in [7, 11) is 0. The number of hydrogen-bond donors (Lipinski definition) is 2. The zero-order valence-electron chi connectivity index (χ0n) is 19.5. The Morgan fingerprint density at radius 2 is 1.95 bits per heavy atom. The van der Waals surface area contributed by atoms with Gasteiger partial charge in [0, 0.05) is 27.9 Å². The Kier molecular flexibility index (Phi) is 7.41. The average Bonchev–Trinajstić information content (AvgIpc) is 3.37. The average molecular weight is 594 g/mol. The topological polar surface area (TPSA) is 125 Å². The summed E-state index contributed by atoms with van der Waals surface area (Å²) in [4.78, 5) is 27.3. The maximum Gasteiger partial charge on any atom is 0.234 e. The van der Waals surface area contributed by atoms with Gasteiger partial charge in [0.25, 0.3) is 0 Å². The van der Waals surface area contributed by atoms with Crippen molar-refractivity contribution in [3.8, 4) is 6.07 Å². The molecule has 1 amide bonds. The van der Waals surface area contributed by atoms with E-state index in [1.54, 1.807) is 4.90 Å². The number of carbonyl (C=O) groups excluding carboxylic acids is 2. The largest absolute Gasteiger partial charge is 0.384 e. The lowest BCUT2D eigenvalue weighted by atomic mass is 9.76. The van der Waals surface area contributed by atoms with Crippen LogP contribution in [0.15, 0.2) is 86.1 Å². The molecular weight excluding hydrogens is 572 g/mol. The number of aromatic nitrogens is 2. The first-order valence-electron chi connectivity index (χ1n) is 11.5. The second-order valence-corrected chi connectivity index (χ2v) is 11.5. The van der Waals surface area contributed by atoms with Gasteiger partial charge in [-0.1, -0.05) is 69.4 Å². The Morgan fingerprint density at radius 1 is 1.19 bits per heavy atom. The normalized spacial score (nSPS) is 17.5. The van der Waals surface area contributed by atoms with Crippen LogP contribution in [0.25, 0.3) is 0 Å². The van der Waals surface area contributed by atoms with E-state index >= 15 is 0 Å². The molecule has 37 heavy (non-hydrogen) atoms. The van der Waals surface area contributed by atoms with E-state index in [-0.39, 0.29) is 23.3 Å². The standard InChI is InChI=1S/C26H21BrN6O2S2/c27-16-9-11-17(12-10-16)30-21(35)14-36-26-32-31-25(37-26)33-19-7-4-8-20(34)23(19)22(18(13-28)24(33)29)15-5-2-1-3-6-15/h1-3,5-6,9-12,22H,4,7-8,14,29H2,(H,30,35).